The molecule has 2 N–H and O–H groups in total. The lowest BCUT2D eigenvalue weighted by atomic mass is 9.57. The third kappa shape index (κ3) is 7.33. The van der Waals surface area contributed by atoms with Crippen molar-refractivity contribution in [1.82, 2.24) is 30.1 Å². The Kier molecular flexibility index (Phi) is 10.0. The smallest absolute Gasteiger partial charge is 0.263 e. The van der Waals surface area contributed by atoms with E-state index in [-0.39, 0.29) is 23.6 Å². The summed E-state index contributed by atoms with van der Waals surface area (Å²) in [5, 5.41) is 11.0. The first-order valence-electron chi connectivity index (χ1n) is 21.1. The van der Waals surface area contributed by atoms with Crippen LogP contribution in [0.2, 0.25) is 0 Å². The Morgan fingerprint density at radius 3 is 2.39 bits per heavy atom. The molecule has 18 heteroatoms. The average Bonchev–Trinajstić information content (AvgIpc) is 3.99. The molecule has 3 aromatic carbocycles. The van der Waals surface area contributed by atoms with Gasteiger partial charge in [0.05, 0.1) is 29.7 Å². The van der Waals surface area contributed by atoms with Crippen LogP contribution < -0.4 is 24.6 Å². The van der Waals surface area contributed by atoms with Crippen LogP contribution in [-0.2, 0) is 26.2 Å². The number of carbonyl (C=O) groups is 4. The van der Waals surface area contributed by atoms with Gasteiger partial charge in [-0.1, -0.05) is 11.2 Å². The van der Waals surface area contributed by atoms with Crippen molar-refractivity contribution >= 4 is 61.8 Å². The fourth-order valence-electron chi connectivity index (χ4n) is 10.2. The molecule has 0 bridgehead atoms. The van der Waals surface area contributed by atoms with E-state index >= 15 is 0 Å². The monoisotopic (exact) mass is 861 g/mol. The fraction of sp³-hybridized carbons (Fsp3) is 0.409. The van der Waals surface area contributed by atoms with Crippen molar-refractivity contribution in [3.8, 4) is 5.75 Å². The summed E-state index contributed by atoms with van der Waals surface area (Å²) in [6.07, 6.45) is 8.26. The lowest BCUT2D eigenvalue weighted by Gasteiger charge is -2.54. The molecular formula is C44H47N9O8S. The number of benzene rings is 3. The van der Waals surface area contributed by atoms with E-state index in [9.17, 15) is 27.6 Å². The maximum absolute atomic E-state index is 13.7. The molecule has 1 spiro atoms. The Morgan fingerprint density at radius 2 is 1.65 bits per heavy atom. The third-order valence-corrected chi connectivity index (χ3v) is 14.7. The highest BCUT2D eigenvalue weighted by atomic mass is 32.2. The van der Waals surface area contributed by atoms with Gasteiger partial charge in [-0.3, -0.25) is 43.7 Å². The van der Waals surface area contributed by atoms with E-state index in [1.54, 1.807) is 47.3 Å². The van der Waals surface area contributed by atoms with Crippen molar-refractivity contribution in [2.45, 2.75) is 56.0 Å². The van der Waals surface area contributed by atoms with E-state index in [2.05, 4.69) is 35.0 Å². The van der Waals surface area contributed by atoms with Gasteiger partial charge in [0.1, 0.15) is 17.2 Å². The highest BCUT2D eigenvalue weighted by molar-refractivity contribution is 7.92. The van der Waals surface area contributed by atoms with Crippen LogP contribution in [0.3, 0.4) is 0 Å². The number of fused-ring (bicyclic) bond motifs is 2. The number of nitrogens with zero attached hydrogens (tertiary/aromatic N) is 7. The number of anilines is 3. The first kappa shape index (κ1) is 39.8. The number of carbonyl (C=O) groups excluding carboxylic acids is 4. The Morgan fingerprint density at radius 1 is 0.887 bits per heavy atom. The van der Waals surface area contributed by atoms with Crippen LogP contribution in [0.4, 0.5) is 17.2 Å². The summed E-state index contributed by atoms with van der Waals surface area (Å²) in [6, 6.07) is 16.8. The van der Waals surface area contributed by atoms with Crippen molar-refractivity contribution in [3.63, 3.8) is 0 Å². The number of aromatic nitrogens is 3. The molecule has 1 aliphatic carbocycles. The minimum atomic E-state index is -4.01. The lowest BCUT2D eigenvalue weighted by molar-refractivity contribution is -0.136. The summed E-state index contributed by atoms with van der Waals surface area (Å²) < 4.78 is 43.0. The molecule has 62 heavy (non-hydrogen) atoms. The van der Waals surface area contributed by atoms with Crippen molar-refractivity contribution in [2.75, 3.05) is 67.4 Å². The van der Waals surface area contributed by atoms with Crippen LogP contribution in [0.1, 0.15) is 64.8 Å². The molecular weight excluding hydrogens is 815 g/mol. The van der Waals surface area contributed by atoms with Crippen molar-refractivity contribution in [2.24, 2.45) is 11.3 Å². The topological polar surface area (TPSA) is 193 Å². The third-order valence-electron chi connectivity index (χ3n) is 13.4. The summed E-state index contributed by atoms with van der Waals surface area (Å²) in [4.78, 5) is 58.9. The van der Waals surface area contributed by atoms with Crippen molar-refractivity contribution in [1.29, 1.82) is 0 Å². The zero-order chi connectivity index (χ0) is 42.8. The first-order valence-corrected chi connectivity index (χ1v) is 22.6. The summed E-state index contributed by atoms with van der Waals surface area (Å²) in [7, 11) is -2.49. The lowest BCUT2D eigenvalue weighted by Crippen LogP contribution is -2.54. The van der Waals surface area contributed by atoms with Gasteiger partial charge in [0.25, 0.3) is 21.8 Å². The normalized spacial score (nSPS) is 20.8. The molecule has 6 heterocycles. The molecule has 1 atom stereocenters. The first-order chi connectivity index (χ1) is 30.0. The molecule has 4 fully saturated rings. The van der Waals surface area contributed by atoms with Gasteiger partial charge in [-0.15, -0.1) is 0 Å². The number of rotatable bonds is 11. The van der Waals surface area contributed by atoms with Crippen LogP contribution in [0.15, 0.2) is 82.5 Å². The Bertz CT molecular complexity index is 2690. The molecule has 10 rings (SSSR count). The quantitative estimate of drug-likeness (QED) is 0.181. The predicted octanol–water partition coefficient (Wildman–Crippen LogP) is 4.10. The van der Waals surface area contributed by atoms with Gasteiger partial charge in [-0.05, 0) is 104 Å². The maximum Gasteiger partial charge on any atom is 0.263 e. The SMILES string of the molecule is COc1cc(Cn2cccn2)cc2onc(NS(=O)(=O)c3cccc(N4CCN(CC5CC6(CCN(c7ccc8c(c7)C(=O)N(C7CCC(=O)NC7=O)C8=O)CC6)C5)CC4)c3)c12. The number of nitrogens with one attached hydrogen (secondary N) is 2. The van der Waals surface area contributed by atoms with E-state index in [0.717, 1.165) is 80.5 Å². The second-order valence-corrected chi connectivity index (χ2v) is 18.9. The standard InChI is InChI=1S/C44H47N9O8S/c1-60-36-20-28(27-52-13-3-12-45-52)21-37-39(36)40(47-61-37)48-62(58,59)32-5-2-4-30(22-32)51-18-16-49(17-19-51)26-29-24-44(25-29)10-14-50(15-11-44)31-6-7-33-34(23-31)43(57)53(42(33)56)35-8-9-38(54)46-41(35)55/h2-7,12-13,20-23,29,35H,8-11,14-19,24-27H2,1H3,(H,47,48)(H,46,54,55). The second kappa shape index (κ2) is 15.6. The summed E-state index contributed by atoms with van der Waals surface area (Å²) in [6.45, 7) is 6.61. The molecule has 17 nitrogen and oxygen atoms in total. The highest BCUT2D eigenvalue weighted by Gasteiger charge is 2.47. The van der Waals surface area contributed by atoms with Gasteiger partial charge in [-0.25, -0.2) is 8.42 Å². The number of hydrogen-bond acceptors (Lipinski definition) is 13. The van der Waals surface area contributed by atoms with Crippen LogP contribution in [0.5, 0.6) is 5.75 Å². The Hall–Kier alpha value is -6.27. The van der Waals surface area contributed by atoms with Gasteiger partial charge in [0.15, 0.2) is 11.4 Å². The zero-order valence-electron chi connectivity index (χ0n) is 34.3. The van der Waals surface area contributed by atoms with E-state index in [1.165, 1.54) is 20.0 Å². The van der Waals surface area contributed by atoms with Gasteiger partial charge in [0, 0.05) is 76.0 Å². The Labute approximate surface area is 358 Å². The van der Waals surface area contributed by atoms with Crippen LogP contribution in [-0.4, -0.2) is 116 Å². The molecule has 4 amide bonds. The molecule has 2 aromatic heterocycles. The molecule has 4 aliphatic heterocycles. The van der Waals surface area contributed by atoms with E-state index in [0.29, 0.717) is 45.7 Å². The highest BCUT2D eigenvalue weighted by Crippen LogP contribution is 2.53. The molecule has 322 valence electrons. The number of sulfonamides is 1. The second-order valence-electron chi connectivity index (χ2n) is 17.2. The van der Waals surface area contributed by atoms with Crippen LogP contribution >= 0.6 is 0 Å². The van der Waals surface area contributed by atoms with Crippen molar-refractivity contribution in [3.05, 3.63) is 89.7 Å². The van der Waals surface area contributed by atoms with Gasteiger partial charge in [0.2, 0.25) is 11.8 Å². The van der Waals surface area contributed by atoms with E-state index in [4.69, 9.17) is 9.26 Å². The molecule has 3 saturated heterocycles. The van der Waals surface area contributed by atoms with Crippen molar-refractivity contribution < 1.29 is 36.9 Å². The van der Waals surface area contributed by atoms with E-state index < -0.39 is 39.7 Å². The Balaban J connectivity index is 0.706. The maximum atomic E-state index is 13.7. The largest absolute Gasteiger partial charge is 0.496 e. The molecule has 5 aromatic rings. The molecule has 1 saturated carbocycles. The average molecular weight is 862 g/mol. The van der Waals surface area contributed by atoms with Crippen LogP contribution in [0, 0.1) is 11.3 Å². The number of ether oxygens (including phenoxy) is 1. The fourth-order valence-corrected chi connectivity index (χ4v) is 11.2. The van der Waals surface area contributed by atoms with Gasteiger partial charge < -0.3 is 19.1 Å². The number of amides is 4. The molecule has 0 radical (unpaired) electrons. The minimum Gasteiger partial charge on any atom is -0.496 e. The minimum absolute atomic E-state index is 0.0573. The van der Waals surface area contributed by atoms with E-state index in [1.807, 2.05) is 30.5 Å². The number of imide groups is 2. The summed E-state index contributed by atoms with van der Waals surface area (Å²) in [5.41, 5.74) is 3.94. The summed E-state index contributed by atoms with van der Waals surface area (Å²) >= 11 is 0. The van der Waals surface area contributed by atoms with Crippen LogP contribution in [0.25, 0.3) is 11.0 Å². The zero-order valence-corrected chi connectivity index (χ0v) is 35.1. The number of hydrogen-bond donors (Lipinski definition) is 2. The molecule has 5 aliphatic rings. The predicted molar refractivity (Wildman–Crippen MR) is 228 cm³/mol. The number of methoxy groups -OCH3 is 1. The van der Waals surface area contributed by atoms with Gasteiger partial charge in [-0.2, -0.15) is 5.10 Å². The van der Waals surface area contributed by atoms with Gasteiger partial charge >= 0.3 is 0 Å². The number of piperazine rings is 1. The number of piperidine rings is 2. The summed E-state index contributed by atoms with van der Waals surface area (Å²) in [5.74, 6) is -0.853. The molecule has 1 unspecified atom stereocenters.